The Balaban J connectivity index is 1.65. The summed E-state index contributed by atoms with van der Waals surface area (Å²) in [6.07, 6.45) is 2.00. The van der Waals surface area contributed by atoms with Crippen LogP contribution in [0.1, 0.15) is 28.9 Å². The van der Waals surface area contributed by atoms with E-state index in [0.29, 0.717) is 16.9 Å². The van der Waals surface area contributed by atoms with E-state index in [9.17, 15) is 14.3 Å². The van der Waals surface area contributed by atoms with Gasteiger partial charge in [0.15, 0.2) is 12.2 Å². The van der Waals surface area contributed by atoms with Crippen molar-refractivity contribution in [2.45, 2.75) is 19.1 Å². The Bertz CT molecular complexity index is 830. The fourth-order valence-corrected chi connectivity index (χ4v) is 2.46. The molecule has 0 aliphatic carbocycles. The lowest BCUT2D eigenvalue weighted by Gasteiger charge is -2.20. The van der Waals surface area contributed by atoms with Crippen molar-refractivity contribution in [3.63, 3.8) is 0 Å². The van der Waals surface area contributed by atoms with Gasteiger partial charge in [-0.1, -0.05) is 24.3 Å². The van der Waals surface area contributed by atoms with Gasteiger partial charge in [-0.05, 0) is 36.8 Å². The van der Waals surface area contributed by atoms with Crippen molar-refractivity contribution in [3.8, 4) is 11.3 Å². The van der Waals surface area contributed by atoms with Crippen molar-refractivity contribution in [2.24, 2.45) is 0 Å². The van der Waals surface area contributed by atoms with Gasteiger partial charge in [-0.2, -0.15) is 0 Å². The molecule has 5 nitrogen and oxygen atoms in total. The third-order valence-corrected chi connectivity index (χ3v) is 3.91. The zero-order valence-corrected chi connectivity index (χ0v) is 13.5. The first-order valence-corrected chi connectivity index (χ1v) is 7.78. The molecule has 3 rings (SSSR count). The van der Waals surface area contributed by atoms with Crippen molar-refractivity contribution in [1.82, 2.24) is 10.3 Å². The number of aliphatic hydroxyl groups is 1. The standard InChI is InChI=1S/C19H17FN2O3/c1-12(18(23)14-6-8-16(20)9-7-14)22-19(24)15-4-2-13(3-5-15)17-10-21-11-25-17/h2-12,18,23H,1H3,(H,22,24). The molecule has 128 valence electrons. The summed E-state index contributed by atoms with van der Waals surface area (Å²) in [5.41, 5.74) is 1.81. The molecular weight excluding hydrogens is 323 g/mol. The van der Waals surface area contributed by atoms with Crippen molar-refractivity contribution >= 4 is 5.91 Å². The number of aromatic nitrogens is 1. The SMILES string of the molecule is CC(NC(=O)c1ccc(-c2cnco2)cc1)C(O)c1ccc(F)cc1. The number of rotatable bonds is 5. The van der Waals surface area contributed by atoms with Crippen LogP contribution in [-0.4, -0.2) is 22.0 Å². The minimum absolute atomic E-state index is 0.308. The highest BCUT2D eigenvalue weighted by atomic mass is 19.1. The lowest BCUT2D eigenvalue weighted by molar-refractivity contribution is 0.0852. The summed E-state index contributed by atoms with van der Waals surface area (Å²) in [6, 6.07) is 11.9. The van der Waals surface area contributed by atoms with Crippen molar-refractivity contribution in [2.75, 3.05) is 0 Å². The van der Waals surface area contributed by atoms with E-state index in [1.807, 2.05) is 0 Å². The molecule has 25 heavy (non-hydrogen) atoms. The lowest BCUT2D eigenvalue weighted by Crippen LogP contribution is -2.37. The molecule has 0 radical (unpaired) electrons. The number of aliphatic hydroxyl groups excluding tert-OH is 1. The van der Waals surface area contributed by atoms with Crippen LogP contribution in [0.15, 0.2) is 65.5 Å². The van der Waals surface area contributed by atoms with Crippen molar-refractivity contribution in [1.29, 1.82) is 0 Å². The van der Waals surface area contributed by atoms with Crippen LogP contribution in [0.4, 0.5) is 4.39 Å². The van der Waals surface area contributed by atoms with Crippen LogP contribution in [0, 0.1) is 5.82 Å². The maximum atomic E-state index is 13.0. The summed E-state index contributed by atoms with van der Waals surface area (Å²) < 4.78 is 18.2. The molecule has 2 aromatic carbocycles. The summed E-state index contributed by atoms with van der Waals surface area (Å²) in [7, 11) is 0. The van der Waals surface area contributed by atoms with Crippen LogP contribution in [0.25, 0.3) is 11.3 Å². The molecule has 0 bridgehead atoms. The van der Waals surface area contributed by atoms with E-state index in [0.717, 1.165) is 5.56 Å². The molecule has 0 aliphatic heterocycles. The number of halogens is 1. The number of oxazole rings is 1. The molecule has 3 aromatic rings. The van der Waals surface area contributed by atoms with Crippen molar-refractivity contribution in [3.05, 3.63) is 78.1 Å². The highest BCUT2D eigenvalue weighted by molar-refractivity contribution is 5.94. The summed E-state index contributed by atoms with van der Waals surface area (Å²) in [5.74, 6) is -0.0654. The zero-order valence-electron chi connectivity index (χ0n) is 13.5. The Morgan fingerprint density at radius 1 is 1.16 bits per heavy atom. The largest absolute Gasteiger partial charge is 0.444 e. The molecule has 2 N–H and O–H groups in total. The number of carbonyl (C=O) groups is 1. The van der Waals surface area contributed by atoms with Gasteiger partial charge in [0.25, 0.3) is 5.91 Å². The molecule has 2 unspecified atom stereocenters. The molecule has 0 aliphatic rings. The van der Waals surface area contributed by atoms with Crippen molar-refractivity contribution < 1.29 is 18.7 Å². The Hall–Kier alpha value is -2.99. The molecule has 0 saturated heterocycles. The van der Waals surface area contributed by atoms with E-state index in [-0.39, 0.29) is 11.7 Å². The molecule has 0 spiro atoms. The van der Waals surface area contributed by atoms with Gasteiger partial charge < -0.3 is 14.8 Å². The smallest absolute Gasteiger partial charge is 0.251 e. The predicted octanol–water partition coefficient (Wildman–Crippen LogP) is 3.33. The highest BCUT2D eigenvalue weighted by Gasteiger charge is 2.19. The number of nitrogens with zero attached hydrogens (tertiary/aromatic N) is 1. The van der Waals surface area contributed by atoms with E-state index < -0.39 is 12.1 Å². The Labute approximate surface area is 144 Å². The first-order valence-electron chi connectivity index (χ1n) is 7.78. The Morgan fingerprint density at radius 3 is 2.44 bits per heavy atom. The van der Waals surface area contributed by atoms with Crippen LogP contribution in [-0.2, 0) is 0 Å². The number of hydrogen-bond donors (Lipinski definition) is 2. The highest BCUT2D eigenvalue weighted by Crippen LogP contribution is 2.20. The molecule has 1 heterocycles. The number of hydrogen-bond acceptors (Lipinski definition) is 4. The summed E-state index contributed by atoms with van der Waals surface area (Å²) in [4.78, 5) is 16.2. The Kier molecular flexibility index (Phi) is 4.90. The molecule has 1 amide bonds. The van der Waals surface area contributed by atoms with Gasteiger partial charge in [-0.3, -0.25) is 4.79 Å². The van der Waals surface area contributed by atoms with E-state index >= 15 is 0 Å². The average Bonchev–Trinajstić information content (AvgIpc) is 3.16. The maximum absolute atomic E-state index is 13.0. The lowest BCUT2D eigenvalue weighted by atomic mass is 10.0. The van der Waals surface area contributed by atoms with Crippen LogP contribution in [0.3, 0.4) is 0 Å². The van der Waals surface area contributed by atoms with E-state index in [1.165, 1.54) is 30.7 Å². The quantitative estimate of drug-likeness (QED) is 0.747. The summed E-state index contributed by atoms with van der Waals surface area (Å²) in [5, 5.41) is 13.0. The predicted molar refractivity (Wildman–Crippen MR) is 90.2 cm³/mol. The van der Waals surface area contributed by atoms with Gasteiger partial charge in [-0.25, -0.2) is 9.37 Å². The molecule has 0 saturated carbocycles. The van der Waals surface area contributed by atoms with E-state index in [2.05, 4.69) is 10.3 Å². The zero-order chi connectivity index (χ0) is 17.8. The summed E-state index contributed by atoms with van der Waals surface area (Å²) in [6.45, 7) is 1.69. The first kappa shape index (κ1) is 16.9. The molecular formula is C19H17FN2O3. The normalized spacial score (nSPS) is 13.2. The maximum Gasteiger partial charge on any atom is 0.251 e. The number of amides is 1. The topological polar surface area (TPSA) is 75.4 Å². The second-order valence-corrected chi connectivity index (χ2v) is 5.70. The minimum atomic E-state index is -0.932. The fraction of sp³-hybridized carbons (Fsp3) is 0.158. The second kappa shape index (κ2) is 7.27. The number of benzene rings is 2. The number of nitrogens with one attached hydrogen (secondary N) is 1. The molecule has 2 atom stereocenters. The minimum Gasteiger partial charge on any atom is -0.444 e. The third-order valence-electron chi connectivity index (χ3n) is 3.91. The third kappa shape index (κ3) is 3.92. The molecule has 6 heteroatoms. The van der Waals surface area contributed by atoms with E-state index in [4.69, 9.17) is 4.42 Å². The average molecular weight is 340 g/mol. The van der Waals surface area contributed by atoms with Gasteiger partial charge in [0.2, 0.25) is 0 Å². The monoisotopic (exact) mass is 340 g/mol. The van der Waals surface area contributed by atoms with Crippen LogP contribution in [0.2, 0.25) is 0 Å². The van der Waals surface area contributed by atoms with Crippen LogP contribution in [0.5, 0.6) is 0 Å². The number of carbonyl (C=O) groups excluding carboxylic acids is 1. The Morgan fingerprint density at radius 2 is 1.84 bits per heavy atom. The molecule has 0 fully saturated rings. The fourth-order valence-electron chi connectivity index (χ4n) is 2.46. The van der Waals surface area contributed by atoms with Gasteiger partial charge in [-0.15, -0.1) is 0 Å². The van der Waals surface area contributed by atoms with Crippen LogP contribution >= 0.6 is 0 Å². The van der Waals surface area contributed by atoms with E-state index in [1.54, 1.807) is 37.4 Å². The van der Waals surface area contributed by atoms with Gasteiger partial charge in [0, 0.05) is 11.1 Å². The van der Waals surface area contributed by atoms with Gasteiger partial charge >= 0.3 is 0 Å². The molecule has 1 aromatic heterocycles. The van der Waals surface area contributed by atoms with Gasteiger partial charge in [0.05, 0.1) is 18.3 Å². The summed E-state index contributed by atoms with van der Waals surface area (Å²) >= 11 is 0. The van der Waals surface area contributed by atoms with Crippen LogP contribution < -0.4 is 5.32 Å². The first-order chi connectivity index (χ1) is 12.0. The van der Waals surface area contributed by atoms with Gasteiger partial charge in [0.1, 0.15) is 5.82 Å². The second-order valence-electron chi connectivity index (χ2n) is 5.70.